The molecule has 0 aromatic heterocycles. The Morgan fingerprint density at radius 2 is 1.25 bits per heavy atom. The number of aliphatic hydroxyl groups is 1. The van der Waals surface area contributed by atoms with Gasteiger partial charge in [0.15, 0.2) is 0 Å². The van der Waals surface area contributed by atoms with E-state index in [4.69, 9.17) is 64.1 Å². The quantitative estimate of drug-likeness (QED) is 0.160. The lowest BCUT2D eigenvalue weighted by Crippen LogP contribution is -2.32. The summed E-state index contributed by atoms with van der Waals surface area (Å²) >= 11 is 5.27. The Bertz CT molecular complexity index is 1330. The highest BCUT2D eigenvalue weighted by molar-refractivity contribution is 6.18. The molecule has 8 bridgehead atoms. The SMILES string of the molecule is C1OC1COC1CC2OC1C1OC21.COC(=O)C1CC2C=CC1O2.COC(=O)C1CC2OC1C1OC21.ClCC1CO1.OCC1CC2OC1C1OC21. The first-order valence-electron chi connectivity index (χ1n) is 18.3. The second kappa shape index (κ2) is 14.3. The van der Waals surface area contributed by atoms with Gasteiger partial charge in [-0.25, -0.2) is 0 Å². The number of ether oxygens (including phenoxy) is 12. The van der Waals surface area contributed by atoms with Gasteiger partial charge in [0.25, 0.3) is 0 Å². The predicted molar refractivity (Wildman–Crippen MR) is 170 cm³/mol. The van der Waals surface area contributed by atoms with Gasteiger partial charge in [-0.1, -0.05) is 12.2 Å². The molecule has 0 spiro atoms. The van der Waals surface area contributed by atoms with Crippen molar-refractivity contribution in [3.05, 3.63) is 12.2 Å². The number of rotatable bonds is 7. The Balaban J connectivity index is 0.0000000874. The van der Waals surface area contributed by atoms with Crippen molar-refractivity contribution in [2.24, 2.45) is 17.8 Å². The molecule has 284 valence electrons. The molecule has 12 fully saturated rings. The maximum atomic E-state index is 11.2. The van der Waals surface area contributed by atoms with E-state index in [0.717, 1.165) is 45.5 Å². The Labute approximate surface area is 300 Å². The second-order valence-electron chi connectivity index (χ2n) is 15.2. The van der Waals surface area contributed by atoms with Gasteiger partial charge in [0.1, 0.15) is 54.9 Å². The van der Waals surface area contributed by atoms with Gasteiger partial charge in [0, 0.05) is 18.9 Å². The molecule has 13 heterocycles. The zero-order chi connectivity index (χ0) is 35.0. The van der Waals surface area contributed by atoms with Crippen molar-refractivity contribution in [2.45, 2.75) is 129 Å². The van der Waals surface area contributed by atoms with Crippen LogP contribution in [0, 0.1) is 17.8 Å². The summed E-state index contributed by atoms with van der Waals surface area (Å²) in [5.41, 5.74) is 0. The molecule has 0 aromatic rings. The Kier molecular flexibility index (Phi) is 9.89. The maximum absolute atomic E-state index is 11.2. The van der Waals surface area contributed by atoms with E-state index >= 15 is 0 Å². The third-order valence-corrected chi connectivity index (χ3v) is 12.3. The lowest BCUT2D eigenvalue weighted by atomic mass is 9.89. The molecule has 12 saturated heterocycles. The van der Waals surface area contributed by atoms with Gasteiger partial charge in [-0.3, -0.25) is 9.59 Å². The Morgan fingerprint density at radius 3 is 1.71 bits per heavy atom. The number of esters is 2. The number of carbonyl (C=O) groups is 2. The molecule has 20 atom stereocenters. The van der Waals surface area contributed by atoms with E-state index in [0.29, 0.717) is 60.6 Å². The summed E-state index contributed by atoms with van der Waals surface area (Å²) in [6.45, 7) is 2.73. The number of epoxide rings is 5. The van der Waals surface area contributed by atoms with Gasteiger partial charge in [-0.15, -0.1) is 11.6 Å². The summed E-state index contributed by atoms with van der Waals surface area (Å²) in [7, 11) is 2.83. The van der Waals surface area contributed by atoms with E-state index in [1.54, 1.807) is 0 Å². The largest absolute Gasteiger partial charge is 0.469 e. The second-order valence-corrected chi connectivity index (χ2v) is 15.5. The van der Waals surface area contributed by atoms with Crippen molar-refractivity contribution in [3.8, 4) is 0 Å². The molecule has 13 aliphatic heterocycles. The summed E-state index contributed by atoms with van der Waals surface area (Å²) in [4.78, 5) is 22.3. The predicted octanol–water partition coefficient (Wildman–Crippen LogP) is 0.0833. The van der Waals surface area contributed by atoms with Crippen molar-refractivity contribution >= 4 is 23.5 Å². The minimum absolute atomic E-state index is 0.0209. The van der Waals surface area contributed by atoms with Crippen molar-refractivity contribution in [2.75, 3.05) is 46.5 Å². The maximum Gasteiger partial charge on any atom is 0.311 e. The monoisotopic (exact) mass is 742 g/mol. The molecule has 0 saturated carbocycles. The molecule has 51 heavy (non-hydrogen) atoms. The topological polar surface area (TPSA) is 182 Å². The summed E-state index contributed by atoms with van der Waals surface area (Å²) in [5.74, 6) is 0.575. The van der Waals surface area contributed by atoms with E-state index in [2.05, 4.69) is 9.47 Å². The molecular weight excluding hydrogens is 696 g/mol. The van der Waals surface area contributed by atoms with Crippen LogP contribution in [0.3, 0.4) is 0 Å². The van der Waals surface area contributed by atoms with Crippen molar-refractivity contribution in [1.82, 2.24) is 0 Å². The summed E-state index contributed by atoms with van der Waals surface area (Å²) in [5, 5.41) is 8.89. The number of alkyl halides is 1. The van der Waals surface area contributed by atoms with Gasteiger partial charge >= 0.3 is 11.9 Å². The van der Waals surface area contributed by atoms with E-state index in [9.17, 15) is 9.59 Å². The summed E-state index contributed by atoms with van der Waals surface area (Å²) < 4.78 is 63.2. The first kappa shape index (κ1) is 35.2. The standard InChI is InChI=1S/C9H12O4.C8H10O4.C8H10O3.C7H10O3.C3H5ClO/c1-5(11-3-4-2-10-4)7-9-8(13-9)6(1)12-7;1-10-8(9)3-2-4-6-7(12-6)5(3)11-4;1-10-8(9)6-4-5-2-3-7(6)11-5;8-2-3-1-4-6-7(10-6)5(3)9-4;4-1-3-2-5-3/h4-9H,1-3H2;3-7H,2H2,1H3;2-3,5-7H,4H2,1H3;3-8H,1-2H2;3H,1-2H2. The van der Waals surface area contributed by atoms with Gasteiger partial charge in [0.2, 0.25) is 0 Å². The third kappa shape index (κ3) is 7.23. The van der Waals surface area contributed by atoms with Crippen LogP contribution in [-0.2, 0) is 66.4 Å². The molecule has 16 heteroatoms. The highest BCUT2D eigenvalue weighted by Crippen LogP contribution is 2.52. The molecular formula is C35H47ClO15. The van der Waals surface area contributed by atoms with Crippen LogP contribution < -0.4 is 0 Å². The first-order valence-corrected chi connectivity index (χ1v) is 18.8. The van der Waals surface area contributed by atoms with Crippen molar-refractivity contribution in [1.29, 1.82) is 0 Å². The number of hydrogen-bond donors (Lipinski definition) is 1. The fourth-order valence-corrected chi connectivity index (χ4v) is 9.03. The molecule has 0 aromatic carbocycles. The van der Waals surface area contributed by atoms with Gasteiger partial charge in [0.05, 0.1) is 101 Å². The van der Waals surface area contributed by atoms with Crippen LogP contribution in [0.15, 0.2) is 12.2 Å². The van der Waals surface area contributed by atoms with Crippen molar-refractivity contribution in [3.63, 3.8) is 0 Å². The lowest BCUT2D eigenvalue weighted by molar-refractivity contribution is -0.148. The van der Waals surface area contributed by atoms with Gasteiger partial charge < -0.3 is 61.9 Å². The van der Waals surface area contributed by atoms with E-state index in [1.165, 1.54) is 14.2 Å². The van der Waals surface area contributed by atoms with Gasteiger partial charge in [-0.2, -0.15) is 0 Å². The minimum atomic E-state index is -0.156. The molecule has 0 aliphatic carbocycles. The molecule has 20 unspecified atom stereocenters. The normalized spacial score (nSPS) is 52.3. The number of halogens is 1. The smallest absolute Gasteiger partial charge is 0.311 e. The molecule has 13 rings (SSSR count). The minimum Gasteiger partial charge on any atom is -0.469 e. The lowest BCUT2D eigenvalue weighted by Gasteiger charge is -2.16. The van der Waals surface area contributed by atoms with Crippen LogP contribution in [-0.4, -0.2) is 167 Å². The zero-order valence-electron chi connectivity index (χ0n) is 28.6. The highest BCUT2D eigenvalue weighted by atomic mass is 35.5. The number of methoxy groups -OCH3 is 2. The van der Waals surface area contributed by atoms with Crippen LogP contribution in [0.25, 0.3) is 0 Å². The van der Waals surface area contributed by atoms with Gasteiger partial charge in [-0.05, 0) is 19.3 Å². The number of hydrogen-bond acceptors (Lipinski definition) is 15. The number of carbonyl (C=O) groups excluding carboxylic acids is 2. The zero-order valence-corrected chi connectivity index (χ0v) is 29.4. The highest BCUT2D eigenvalue weighted by Gasteiger charge is 2.67. The number of aliphatic hydroxyl groups excluding tert-OH is 1. The average molecular weight is 743 g/mol. The van der Waals surface area contributed by atoms with E-state index in [1.807, 2.05) is 12.2 Å². The van der Waals surface area contributed by atoms with Crippen LogP contribution in [0.1, 0.15) is 25.7 Å². The summed E-state index contributed by atoms with van der Waals surface area (Å²) in [6, 6.07) is 0. The molecule has 0 radical (unpaired) electrons. The average Bonchev–Trinajstić information content (AvgIpc) is 4.07. The van der Waals surface area contributed by atoms with Crippen LogP contribution >= 0.6 is 11.6 Å². The van der Waals surface area contributed by atoms with Crippen molar-refractivity contribution < 1.29 is 71.5 Å². The third-order valence-electron chi connectivity index (χ3n) is 11.9. The fraction of sp³-hybridized carbons (Fsp3) is 0.886. The molecule has 15 nitrogen and oxygen atoms in total. The van der Waals surface area contributed by atoms with Crippen LogP contribution in [0.5, 0.6) is 0 Å². The van der Waals surface area contributed by atoms with E-state index < -0.39 is 0 Å². The van der Waals surface area contributed by atoms with Crippen LogP contribution in [0.2, 0.25) is 0 Å². The molecule has 13 aliphatic rings. The van der Waals surface area contributed by atoms with E-state index in [-0.39, 0.29) is 85.3 Å². The van der Waals surface area contributed by atoms with Crippen LogP contribution in [0.4, 0.5) is 0 Å². The first-order chi connectivity index (χ1) is 24.9. The Hall–Kier alpha value is -1.47. The summed E-state index contributed by atoms with van der Waals surface area (Å²) in [6.07, 6.45) is 11.9. The molecule has 1 N–H and O–H groups in total. The fourth-order valence-electron chi connectivity index (χ4n) is 8.85. The number of fused-ring (bicyclic) bond motifs is 17. The molecule has 0 amide bonds. The Morgan fingerprint density at radius 1 is 0.667 bits per heavy atom.